The average Bonchev–Trinajstić information content (AvgIpc) is 2.28. The van der Waals surface area contributed by atoms with Crippen molar-refractivity contribution >= 4 is 0 Å². The van der Waals surface area contributed by atoms with Crippen molar-refractivity contribution in [3.05, 3.63) is 11.6 Å². The molecule has 0 aromatic carbocycles. The van der Waals surface area contributed by atoms with Gasteiger partial charge in [-0.1, -0.05) is 45.3 Å². The van der Waals surface area contributed by atoms with Crippen molar-refractivity contribution in [1.82, 2.24) is 0 Å². The Balaban J connectivity index is 2.14. The Morgan fingerprint density at radius 3 is 2.06 bits per heavy atom. The second kappa shape index (κ2) is 4.94. The van der Waals surface area contributed by atoms with Crippen molar-refractivity contribution in [2.75, 3.05) is 0 Å². The van der Waals surface area contributed by atoms with E-state index in [-0.39, 0.29) is 0 Å². The van der Waals surface area contributed by atoms with E-state index >= 15 is 0 Å². The quantitative estimate of drug-likeness (QED) is 0.523. The van der Waals surface area contributed by atoms with Crippen molar-refractivity contribution < 1.29 is 0 Å². The zero-order chi connectivity index (χ0) is 11.6. The fraction of sp³-hybridized carbons (Fsp3) is 0.875. The molecule has 2 fully saturated rings. The number of allylic oxidation sites excluding steroid dienone is 2. The molecule has 0 bridgehead atoms. The van der Waals surface area contributed by atoms with E-state index in [0.29, 0.717) is 5.41 Å². The van der Waals surface area contributed by atoms with Crippen molar-refractivity contribution in [3.63, 3.8) is 0 Å². The van der Waals surface area contributed by atoms with Crippen LogP contribution in [-0.2, 0) is 0 Å². The van der Waals surface area contributed by atoms with E-state index in [2.05, 4.69) is 26.8 Å². The van der Waals surface area contributed by atoms with Gasteiger partial charge < -0.3 is 0 Å². The van der Waals surface area contributed by atoms with Gasteiger partial charge in [0, 0.05) is 0 Å². The Labute approximate surface area is 102 Å². The van der Waals surface area contributed by atoms with Crippen LogP contribution in [0.2, 0.25) is 0 Å². The maximum absolute atomic E-state index is 2.70. The Hall–Kier alpha value is -0.260. The third-order valence-corrected chi connectivity index (χ3v) is 5.41. The second-order valence-corrected chi connectivity index (χ2v) is 6.46. The molecule has 2 rings (SSSR count). The number of rotatable bonds is 1. The summed E-state index contributed by atoms with van der Waals surface area (Å²) in [6.07, 6.45) is 14.1. The lowest BCUT2D eigenvalue weighted by Crippen LogP contribution is -2.34. The summed E-state index contributed by atoms with van der Waals surface area (Å²) in [5.41, 5.74) is 2.26. The van der Waals surface area contributed by atoms with Crippen molar-refractivity contribution in [2.45, 2.75) is 72.1 Å². The molecule has 0 amide bonds. The molecule has 0 saturated heterocycles. The van der Waals surface area contributed by atoms with Gasteiger partial charge in [-0.15, -0.1) is 0 Å². The molecule has 0 aliphatic heterocycles. The first kappa shape index (κ1) is 12.2. The minimum Gasteiger partial charge on any atom is -0.0788 e. The van der Waals surface area contributed by atoms with Gasteiger partial charge in [0.15, 0.2) is 0 Å². The number of hydrogen-bond donors (Lipinski definition) is 0. The maximum atomic E-state index is 2.70. The lowest BCUT2D eigenvalue weighted by atomic mass is 9.61. The Bertz CT molecular complexity index is 243. The summed E-state index contributed by atoms with van der Waals surface area (Å²) in [6.45, 7) is 7.45. The van der Waals surface area contributed by atoms with Crippen LogP contribution in [0.15, 0.2) is 11.6 Å². The van der Waals surface area contributed by atoms with Gasteiger partial charge >= 0.3 is 0 Å². The first-order valence-corrected chi connectivity index (χ1v) is 7.33. The normalized spacial score (nSPS) is 40.8. The molecule has 0 heterocycles. The molecule has 0 aromatic rings. The highest BCUT2D eigenvalue weighted by Crippen LogP contribution is 2.47. The van der Waals surface area contributed by atoms with Gasteiger partial charge in [-0.25, -0.2) is 0 Å². The highest BCUT2D eigenvalue weighted by molar-refractivity contribution is 5.13. The molecule has 2 unspecified atom stereocenters. The maximum Gasteiger partial charge on any atom is -0.00926 e. The largest absolute Gasteiger partial charge is 0.0788 e. The summed E-state index contributed by atoms with van der Waals surface area (Å²) >= 11 is 0. The molecular weight excluding hydrogens is 192 g/mol. The highest BCUT2D eigenvalue weighted by atomic mass is 14.4. The molecule has 2 aliphatic carbocycles. The van der Waals surface area contributed by atoms with Gasteiger partial charge in [0.05, 0.1) is 0 Å². The first-order chi connectivity index (χ1) is 7.63. The molecule has 2 saturated carbocycles. The molecule has 0 N–H and O–H groups in total. The van der Waals surface area contributed by atoms with Gasteiger partial charge in [-0.05, 0) is 55.8 Å². The summed E-state index contributed by atoms with van der Waals surface area (Å²) < 4.78 is 0. The molecule has 2 aliphatic rings. The van der Waals surface area contributed by atoms with Crippen molar-refractivity contribution in [2.24, 2.45) is 17.3 Å². The molecule has 0 radical (unpaired) electrons. The standard InChI is InChI=1S/C16H28/c1-13-8-7-9-14(2)16(13,3)12-15-10-5-4-6-11-15/h12-14H,4-11H2,1-3H3. The molecule has 0 spiro atoms. The van der Waals surface area contributed by atoms with Crippen LogP contribution in [-0.4, -0.2) is 0 Å². The molecule has 2 atom stereocenters. The van der Waals surface area contributed by atoms with Crippen LogP contribution in [0.1, 0.15) is 72.1 Å². The Kier molecular flexibility index (Phi) is 3.77. The summed E-state index contributed by atoms with van der Waals surface area (Å²) in [6, 6.07) is 0. The summed E-state index contributed by atoms with van der Waals surface area (Å²) in [4.78, 5) is 0. The smallest absolute Gasteiger partial charge is 0.00926 e. The van der Waals surface area contributed by atoms with Gasteiger partial charge in [0.25, 0.3) is 0 Å². The summed E-state index contributed by atoms with van der Waals surface area (Å²) in [5, 5.41) is 0. The Morgan fingerprint density at radius 1 is 0.938 bits per heavy atom. The molecule has 0 nitrogen and oxygen atoms in total. The SMILES string of the molecule is CC1CCCC(C)C1(C)C=C1CCCCC1. The summed E-state index contributed by atoms with van der Waals surface area (Å²) in [7, 11) is 0. The van der Waals surface area contributed by atoms with E-state index in [1.807, 2.05) is 0 Å². The Morgan fingerprint density at radius 2 is 1.50 bits per heavy atom. The van der Waals surface area contributed by atoms with Gasteiger partial charge in [-0.2, -0.15) is 0 Å². The lowest BCUT2D eigenvalue weighted by molar-refractivity contribution is 0.113. The zero-order valence-electron chi connectivity index (χ0n) is 11.4. The first-order valence-electron chi connectivity index (χ1n) is 7.33. The van der Waals surface area contributed by atoms with E-state index < -0.39 is 0 Å². The van der Waals surface area contributed by atoms with Crippen LogP contribution in [0.5, 0.6) is 0 Å². The topological polar surface area (TPSA) is 0 Å². The average molecular weight is 220 g/mol. The van der Waals surface area contributed by atoms with E-state index in [4.69, 9.17) is 0 Å². The van der Waals surface area contributed by atoms with Gasteiger partial charge in [-0.3, -0.25) is 0 Å². The molecule has 16 heavy (non-hydrogen) atoms. The monoisotopic (exact) mass is 220 g/mol. The third kappa shape index (κ3) is 2.36. The second-order valence-electron chi connectivity index (χ2n) is 6.46. The van der Waals surface area contributed by atoms with Crippen molar-refractivity contribution in [3.8, 4) is 0 Å². The van der Waals surface area contributed by atoms with Crippen LogP contribution in [0.25, 0.3) is 0 Å². The van der Waals surface area contributed by atoms with E-state index in [1.165, 1.54) is 51.4 Å². The molecular formula is C16H28. The zero-order valence-corrected chi connectivity index (χ0v) is 11.4. The van der Waals surface area contributed by atoms with Crippen LogP contribution in [0.4, 0.5) is 0 Å². The molecule has 0 heteroatoms. The molecule has 0 aromatic heterocycles. The summed E-state index contributed by atoms with van der Waals surface area (Å²) in [5.74, 6) is 1.76. The minimum absolute atomic E-state index is 0.491. The van der Waals surface area contributed by atoms with Crippen LogP contribution < -0.4 is 0 Å². The van der Waals surface area contributed by atoms with Crippen LogP contribution >= 0.6 is 0 Å². The van der Waals surface area contributed by atoms with E-state index in [0.717, 1.165) is 11.8 Å². The van der Waals surface area contributed by atoms with Gasteiger partial charge in [0.1, 0.15) is 0 Å². The van der Waals surface area contributed by atoms with E-state index in [9.17, 15) is 0 Å². The predicted octanol–water partition coefficient (Wildman–Crippen LogP) is 5.34. The number of hydrogen-bond acceptors (Lipinski definition) is 0. The van der Waals surface area contributed by atoms with Crippen LogP contribution in [0.3, 0.4) is 0 Å². The fourth-order valence-corrected chi connectivity index (χ4v) is 3.71. The van der Waals surface area contributed by atoms with Crippen molar-refractivity contribution in [1.29, 1.82) is 0 Å². The highest BCUT2D eigenvalue weighted by Gasteiger charge is 2.37. The van der Waals surface area contributed by atoms with Crippen LogP contribution in [0, 0.1) is 17.3 Å². The fourth-order valence-electron chi connectivity index (χ4n) is 3.71. The van der Waals surface area contributed by atoms with E-state index in [1.54, 1.807) is 5.57 Å². The predicted molar refractivity (Wildman–Crippen MR) is 71.5 cm³/mol. The molecule has 92 valence electrons. The third-order valence-electron chi connectivity index (χ3n) is 5.41. The minimum atomic E-state index is 0.491. The lowest BCUT2D eigenvalue weighted by Gasteiger charge is -2.44. The van der Waals surface area contributed by atoms with Gasteiger partial charge in [0.2, 0.25) is 0 Å².